The number of alkyl halides is 3. The van der Waals surface area contributed by atoms with E-state index in [9.17, 15) is 18.0 Å². The van der Waals surface area contributed by atoms with Crippen molar-refractivity contribution in [2.24, 2.45) is 0 Å². The molecule has 0 spiro atoms. The third-order valence-electron chi connectivity index (χ3n) is 1.83. The maximum atomic E-state index is 11.9. The fourth-order valence-electron chi connectivity index (χ4n) is 1.14. The number of carbonyl (C=O) groups excluding carboxylic acids is 1. The Hall–Kier alpha value is -1.14. The summed E-state index contributed by atoms with van der Waals surface area (Å²) in [6, 6.07) is 2.61. The van der Waals surface area contributed by atoms with Gasteiger partial charge in [-0.15, -0.1) is 0 Å². The van der Waals surface area contributed by atoms with Gasteiger partial charge in [0.2, 0.25) is 0 Å². The van der Waals surface area contributed by atoms with Crippen LogP contribution in [-0.4, -0.2) is 25.9 Å². The monoisotopic (exact) mass is 302 g/mol. The number of rotatable bonds is 3. The minimum Gasteiger partial charge on any atom is -0.494 e. The van der Waals surface area contributed by atoms with Gasteiger partial charge in [-0.3, -0.25) is 0 Å². The number of hydrogen-bond donors (Lipinski definition) is 0. The Kier molecular flexibility index (Phi) is 4.70. The predicted octanol–water partition coefficient (Wildman–Crippen LogP) is 3.72. The second-order valence-electron chi connectivity index (χ2n) is 3.13. The SMILES string of the molecule is COc1c(Cl)ccc(Cl)c1C(=O)OCC(F)(F)F. The lowest BCUT2D eigenvalue weighted by Crippen LogP contribution is -2.21. The summed E-state index contributed by atoms with van der Waals surface area (Å²) in [5.41, 5.74) is -0.337. The van der Waals surface area contributed by atoms with Gasteiger partial charge in [-0.05, 0) is 12.1 Å². The highest BCUT2D eigenvalue weighted by Gasteiger charge is 2.31. The molecule has 18 heavy (non-hydrogen) atoms. The minimum atomic E-state index is -4.62. The molecule has 100 valence electrons. The molecule has 0 radical (unpaired) electrons. The van der Waals surface area contributed by atoms with Gasteiger partial charge in [-0.2, -0.15) is 13.2 Å². The van der Waals surface area contributed by atoms with Crippen LogP contribution in [0.15, 0.2) is 12.1 Å². The molecule has 8 heteroatoms. The Bertz CT molecular complexity index is 460. The van der Waals surface area contributed by atoms with Crippen LogP contribution in [-0.2, 0) is 4.74 Å². The zero-order chi connectivity index (χ0) is 13.9. The van der Waals surface area contributed by atoms with Gasteiger partial charge < -0.3 is 9.47 Å². The van der Waals surface area contributed by atoms with Crippen molar-refractivity contribution in [2.45, 2.75) is 6.18 Å². The van der Waals surface area contributed by atoms with Gasteiger partial charge >= 0.3 is 12.1 Å². The predicted molar refractivity (Wildman–Crippen MR) is 59.4 cm³/mol. The van der Waals surface area contributed by atoms with Gasteiger partial charge in [-0.1, -0.05) is 23.2 Å². The first-order chi connectivity index (χ1) is 8.26. The van der Waals surface area contributed by atoms with Gasteiger partial charge in [0.05, 0.1) is 17.2 Å². The van der Waals surface area contributed by atoms with E-state index >= 15 is 0 Å². The first-order valence-corrected chi connectivity index (χ1v) is 5.27. The number of esters is 1. The van der Waals surface area contributed by atoms with Crippen molar-refractivity contribution in [1.82, 2.24) is 0 Å². The van der Waals surface area contributed by atoms with Crippen LogP contribution in [0, 0.1) is 0 Å². The van der Waals surface area contributed by atoms with Crippen LogP contribution in [0.25, 0.3) is 0 Å². The second kappa shape index (κ2) is 5.67. The van der Waals surface area contributed by atoms with E-state index in [2.05, 4.69) is 4.74 Å². The zero-order valence-corrected chi connectivity index (χ0v) is 10.5. The standard InChI is InChI=1S/C10H7Cl2F3O3/c1-17-8-6(12)3-2-5(11)7(8)9(16)18-4-10(13,14)15/h2-3H,4H2,1H3. The molecule has 0 aromatic heterocycles. The third-order valence-corrected chi connectivity index (χ3v) is 2.45. The summed E-state index contributed by atoms with van der Waals surface area (Å²) in [5, 5.41) is -0.0655. The summed E-state index contributed by atoms with van der Waals surface area (Å²) in [7, 11) is 1.21. The average Bonchev–Trinajstić information content (AvgIpc) is 2.27. The molecule has 0 bridgehead atoms. The summed E-state index contributed by atoms with van der Waals surface area (Å²) in [6.45, 7) is -1.71. The van der Waals surface area contributed by atoms with Crippen molar-refractivity contribution in [1.29, 1.82) is 0 Å². The molecule has 1 aromatic rings. The number of benzene rings is 1. The molecule has 0 aliphatic carbocycles. The highest BCUT2D eigenvalue weighted by molar-refractivity contribution is 6.37. The largest absolute Gasteiger partial charge is 0.494 e. The highest BCUT2D eigenvalue weighted by atomic mass is 35.5. The summed E-state index contributed by atoms with van der Waals surface area (Å²) < 4.78 is 44.7. The molecule has 1 rings (SSSR count). The van der Waals surface area contributed by atoms with Crippen LogP contribution in [0.3, 0.4) is 0 Å². The van der Waals surface area contributed by atoms with Crippen molar-refractivity contribution >= 4 is 29.2 Å². The highest BCUT2D eigenvalue weighted by Crippen LogP contribution is 2.34. The van der Waals surface area contributed by atoms with Gasteiger partial charge in [0, 0.05) is 0 Å². The lowest BCUT2D eigenvalue weighted by Gasteiger charge is -2.12. The molecular weight excluding hydrogens is 296 g/mol. The van der Waals surface area contributed by atoms with Crippen molar-refractivity contribution in [2.75, 3.05) is 13.7 Å². The Morgan fingerprint density at radius 3 is 2.33 bits per heavy atom. The van der Waals surface area contributed by atoms with E-state index in [-0.39, 0.29) is 21.4 Å². The number of hydrogen-bond acceptors (Lipinski definition) is 3. The van der Waals surface area contributed by atoms with E-state index < -0.39 is 18.8 Å². The smallest absolute Gasteiger partial charge is 0.422 e. The van der Waals surface area contributed by atoms with Gasteiger partial charge in [0.25, 0.3) is 0 Å². The maximum absolute atomic E-state index is 11.9. The van der Waals surface area contributed by atoms with E-state index in [1.54, 1.807) is 0 Å². The topological polar surface area (TPSA) is 35.5 Å². The van der Waals surface area contributed by atoms with Crippen molar-refractivity contribution in [3.8, 4) is 5.75 Å². The molecule has 0 saturated heterocycles. The molecule has 0 aliphatic rings. The van der Waals surface area contributed by atoms with Crippen molar-refractivity contribution in [3.63, 3.8) is 0 Å². The number of methoxy groups -OCH3 is 1. The lowest BCUT2D eigenvalue weighted by molar-refractivity contribution is -0.161. The molecule has 0 aliphatic heterocycles. The Labute approximate surface area is 110 Å². The van der Waals surface area contributed by atoms with Crippen LogP contribution in [0.2, 0.25) is 10.0 Å². The van der Waals surface area contributed by atoms with E-state index in [1.165, 1.54) is 19.2 Å². The lowest BCUT2D eigenvalue weighted by atomic mass is 10.2. The van der Waals surface area contributed by atoms with Gasteiger partial charge in [-0.25, -0.2) is 4.79 Å². The van der Waals surface area contributed by atoms with Gasteiger partial charge in [0.15, 0.2) is 12.4 Å². The molecule has 0 unspecified atom stereocenters. The first-order valence-electron chi connectivity index (χ1n) is 4.52. The van der Waals surface area contributed by atoms with Crippen LogP contribution >= 0.6 is 23.2 Å². The van der Waals surface area contributed by atoms with Crippen LogP contribution in [0.1, 0.15) is 10.4 Å². The number of halogens is 5. The molecule has 0 atom stereocenters. The first kappa shape index (κ1) is 14.9. The average molecular weight is 303 g/mol. The Morgan fingerprint density at radius 1 is 1.28 bits per heavy atom. The van der Waals surface area contributed by atoms with Crippen LogP contribution < -0.4 is 4.74 Å². The summed E-state index contributed by atoms with van der Waals surface area (Å²) in [5.74, 6) is -1.38. The molecule has 0 heterocycles. The molecule has 0 saturated carbocycles. The molecule has 1 aromatic carbocycles. The molecule has 3 nitrogen and oxygen atoms in total. The van der Waals surface area contributed by atoms with Crippen molar-refractivity contribution in [3.05, 3.63) is 27.7 Å². The van der Waals surface area contributed by atoms with E-state index in [4.69, 9.17) is 27.9 Å². The quantitative estimate of drug-likeness (QED) is 0.798. The molecule has 0 fully saturated rings. The normalized spacial score (nSPS) is 11.2. The van der Waals surface area contributed by atoms with E-state index in [0.717, 1.165) is 0 Å². The fraction of sp³-hybridized carbons (Fsp3) is 0.300. The van der Waals surface area contributed by atoms with Gasteiger partial charge in [0.1, 0.15) is 5.56 Å². The molecular formula is C10H7Cl2F3O3. The third kappa shape index (κ3) is 3.68. The van der Waals surface area contributed by atoms with Crippen LogP contribution in [0.5, 0.6) is 5.75 Å². The summed E-state index contributed by atoms with van der Waals surface area (Å²) >= 11 is 11.4. The number of ether oxygens (including phenoxy) is 2. The Balaban J connectivity index is 3.02. The maximum Gasteiger partial charge on any atom is 0.422 e. The van der Waals surface area contributed by atoms with Crippen molar-refractivity contribution < 1.29 is 27.4 Å². The molecule has 0 N–H and O–H groups in total. The molecule has 0 amide bonds. The summed E-state index contributed by atoms with van der Waals surface area (Å²) in [4.78, 5) is 11.5. The number of carbonyl (C=O) groups is 1. The van der Waals surface area contributed by atoms with E-state index in [1.807, 2.05) is 0 Å². The Morgan fingerprint density at radius 2 is 1.83 bits per heavy atom. The minimum absolute atomic E-state index is 0.0425. The second-order valence-corrected chi connectivity index (χ2v) is 3.94. The van der Waals surface area contributed by atoms with E-state index in [0.29, 0.717) is 0 Å². The van der Waals surface area contributed by atoms with Crippen LogP contribution in [0.4, 0.5) is 13.2 Å². The zero-order valence-electron chi connectivity index (χ0n) is 8.98. The fourth-order valence-corrected chi connectivity index (χ4v) is 1.60. The summed E-state index contributed by atoms with van der Waals surface area (Å²) in [6.07, 6.45) is -4.62.